The second-order valence-corrected chi connectivity index (χ2v) is 6.45. The molecule has 2 nitrogen and oxygen atoms in total. The molecule has 0 aromatic carbocycles. The van der Waals surface area contributed by atoms with Crippen LogP contribution in [0.3, 0.4) is 0 Å². The molecule has 0 fully saturated rings. The molecular formula is C18H41NO. The van der Waals surface area contributed by atoms with Crippen LogP contribution in [0.1, 0.15) is 85.0 Å². The van der Waals surface area contributed by atoms with E-state index in [0.29, 0.717) is 0 Å². The van der Waals surface area contributed by atoms with E-state index in [-0.39, 0.29) is 6.61 Å². The highest BCUT2D eigenvalue weighted by Crippen LogP contribution is 2.11. The minimum Gasteiger partial charge on any atom is -0.855 e. The summed E-state index contributed by atoms with van der Waals surface area (Å²) in [5, 5.41) is 8.93. The summed E-state index contributed by atoms with van der Waals surface area (Å²) in [5.74, 6) is 0. The van der Waals surface area contributed by atoms with Crippen molar-refractivity contribution in [1.29, 1.82) is 0 Å². The Balaban J connectivity index is 0. The molecule has 0 heterocycles. The fraction of sp³-hybridized carbons (Fsp3) is 1.00. The van der Waals surface area contributed by atoms with E-state index < -0.39 is 0 Å². The number of hydrogen-bond donors (Lipinski definition) is 0. The van der Waals surface area contributed by atoms with Crippen molar-refractivity contribution < 1.29 is 9.59 Å². The van der Waals surface area contributed by atoms with Gasteiger partial charge in [-0.25, -0.2) is 0 Å². The zero-order valence-corrected chi connectivity index (χ0v) is 15.0. The Bertz CT molecular complexity index is 169. The molecule has 2 heteroatoms. The molecule has 0 radical (unpaired) electrons. The van der Waals surface area contributed by atoms with E-state index in [0.717, 1.165) is 0 Å². The third-order valence-electron chi connectivity index (χ3n) is 3.97. The number of rotatable bonds is 12. The van der Waals surface area contributed by atoms with Gasteiger partial charge in [0.25, 0.3) is 0 Å². The number of hydrogen-bond acceptors (Lipinski definition) is 1. The first-order valence-electron chi connectivity index (χ1n) is 8.94. The zero-order chi connectivity index (χ0) is 15.7. The third-order valence-corrected chi connectivity index (χ3v) is 3.97. The first kappa shape index (κ1) is 22.2. The van der Waals surface area contributed by atoms with Crippen molar-refractivity contribution in [3.8, 4) is 0 Å². The smallest absolute Gasteiger partial charge is 0.0782 e. The maximum absolute atomic E-state index is 8.93. The van der Waals surface area contributed by atoms with Crippen LogP contribution in [0.4, 0.5) is 0 Å². The van der Waals surface area contributed by atoms with E-state index in [1.165, 1.54) is 81.8 Å². The standard InChI is InChI=1S/C16H36N.C2H5O/c1-5-7-8-9-10-11-12-13-14-15-16-17(3,4)6-2;1-2-3/h5-16H2,1-4H3;2H2,1H3/q+1;-1. The van der Waals surface area contributed by atoms with Gasteiger partial charge in [-0.15, -0.1) is 6.61 Å². The van der Waals surface area contributed by atoms with E-state index in [2.05, 4.69) is 27.9 Å². The zero-order valence-electron chi connectivity index (χ0n) is 15.0. The number of quaternary nitrogens is 1. The molecule has 0 saturated heterocycles. The van der Waals surface area contributed by atoms with Crippen LogP contribution in [0, 0.1) is 0 Å². The first-order chi connectivity index (χ1) is 9.54. The molecule has 0 atom stereocenters. The maximum Gasteiger partial charge on any atom is 0.0782 e. The summed E-state index contributed by atoms with van der Waals surface area (Å²) in [6.45, 7) is 8.76. The number of unbranched alkanes of at least 4 members (excludes halogenated alkanes) is 9. The van der Waals surface area contributed by atoms with Crippen molar-refractivity contribution >= 4 is 0 Å². The van der Waals surface area contributed by atoms with Crippen molar-refractivity contribution in [1.82, 2.24) is 0 Å². The largest absolute Gasteiger partial charge is 0.855 e. The van der Waals surface area contributed by atoms with E-state index in [1.807, 2.05) is 0 Å². The Hall–Kier alpha value is -0.0800. The monoisotopic (exact) mass is 287 g/mol. The fourth-order valence-electron chi connectivity index (χ4n) is 2.19. The third kappa shape index (κ3) is 20.2. The Labute approximate surface area is 129 Å². The van der Waals surface area contributed by atoms with Crippen molar-refractivity contribution in [3.63, 3.8) is 0 Å². The lowest BCUT2D eigenvalue weighted by Gasteiger charge is -2.28. The second-order valence-electron chi connectivity index (χ2n) is 6.45. The summed E-state index contributed by atoms with van der Waals surface area (Å²) < 4.78 is 1.19. The van der Waals surface area contributed by atoms with Crippen LogP contribution in [0.2, 0.25) is 0 Å². The van der Waals surface area contributed by atoms with Gasteiger partial charge in [-0.1, -0.05) is 65.2 Å². The predicted molar refractivity (Wildman–Crippen MR) is 89.9 cm³/mol. The van der Waals surface area contributed by atoms with Crippen molar-refractivity contribution in [2.24, 2.45) is 0 Å². The first-order valence-corrected chi connectivity index (χ1v) is 8.94. The average Bonchev–Trinajstić information content (AvgIpc) is 2.42. The summed E-state index contributed by atoms with van der Waals surface area (Å²) in [6, 6.07) is 0. The van der Waals surface area contributed by atoms with Crippen LogP contribution in [0.25, 0.3) is 0 Å². The Morgan fingerprint density at radius 1 is 0.650 bits per heavy atom. The van der Waals surface area contributed by atoms with Gasteiger partial charge in [-0.3, -0.25) is 0 Å². The second kappa shape index (κ2) is 17.0. The molecule has 0 aliphatic rings. The van der Waals surface area contributed by atoms with Gasteiger partial charge in [0.2, 0.25) is 0 Å². The van der Waals surface area contributed by atoms with Crippen molar-refractivity contribution in [2.45, 2.75) is 85.0 Å². The Kier molecular flexibility index (Phi) is 18.8. The lowest BCUT2D eigenvalue weighted by molar-refractivity contribution is -0.888. The van der Waals surface area contributed by atoms with Gasteiger partial charge in [0.1, 0.15) is 0 Å². The van der Waals surface area contributed by atoms with Crippen LogP contribution >= 0.6 is 0 Å². The molecule has 0 saturated carbocycles. The fourth-order valence-corrected chi connectivity index (χ4v) is 2.19. The highest BCUT2D eigenvalue weighted by Gasteiger charge is 2.09. The van der Waals surface area contributed by atoms with Crippen LogP contribution in [0.15, 0.2) is 0 Å². The normalized spacial score (nSPS) is 11.1. The highest BCUT2D eigenvalue weighted by atomic mass is 16.2. The van der Waals surface area contributed by atoms with Gasteiger partial charge in [0.15, 0.2) is 0 Å². The van der Waals surface area contributed by atoms with Crippen molar-refractivity contribution in [2.75, 3.05) is 33.8 Å². The molecule has 124 valence electrons. The quantitative estimate of drug-likeness (QED) is 0.386. The molecule has 0 aliphatic heterocycles. The van der Waals surface area contributed by atoms with E-state index >= 15 is 0 Å². The number of nitrogens with zero attached hydrogens (tertiary/aromatic N) is 1. The van der Waals surface area contributed by atoms with Gasteiger partial charge >= 0.3 is 0 Å². The SMILES string of the molecule is CCCCCCCCCCCC[N+](C)(C)CC.CC[O-]. The van der Waals surface area contributed by atoms with Crippen LogP contribution in [-0.2, 0) is 0 Å². The molecule has 0 N–H and O–H groups in total. The predicted octanol–water partition coefficient (Wildman–Crippen LogP) is 4.37. The Morgan fingerprint density at radius 2 is 1.00 bits per heavy atom. The minimum absolute atomic E-state index is 0. The molecule has 0 aliphatic carbocycles. The molecular weight excluding hydrogens is 246 g/mol. The minimum atomic E-state index is 0. The van der Waals surface area contributed by atoms with Gasteiger partial charge in [0.05, 0.1) is 27.2 Å². The summed E-state index contributed by atoms with van der Waals surface area (Å²) >= 11 is 0. The molecule has 0 amide bonds. The summed E-state index contributed by atoms with van der Waals surface area (Å²) in [7, 11) is 4.68. The molecule has 0 rings (SSSR count). The summed E-state index contributed by atoms with van der Waals surface area (Å²) in [4.78, 5) is 0. The van der Waals surface area contributed by atoms with Gasteiger partial charge in [0, 0.05) is 0 Å². The summed E-state index contributed by atoms with van der Waals surface area (Å²) in [6.07, 6.45) is 14.4. The molecule has 0 aromatic rings. The van der Waals surface area contributed by atoms with E-state index in [4.69, 9.17) is 5.11 Å². The lowest BCUT2D eigenvalue weighted by atomic mass is 10.1. The van der Waals surface area contributed by atoms with Crippen LogP contribution in [-0.4, -0.2) is 38.3 Å². The van der Waals surface area contributed by atoms with E-state index in [1.54, 1.807) is 6.92 Å². The molecule has 0 bridgehead atoms. The molecule has 0 unspecified atom stereocenters. The van der Waals surface area contributed by atoms with Gasteiger partial charge < -0.3 is 9.59 Å². The molecule has 20 heavy (non-hydrogen) atoms. The lowest BCUT2D eigenvalue weighted by Crippen LogP contribution is -2.39. The topological polar surface area (TPSA) is 23.1 Å². The van der Waals surface area contributed by atoms with Crippen LogP contribution in [0.5, 0.6) is 0 Å². The molecule has 0 spiro atoms. The Morgan fingerprint density at radius 3 is 1.35 bits per heavy atom. The maximum atomic E-state index is 8.93. The van der Waals surface area contributed by atoms with Gasteiger partial charge in [-0.2, -0.15) is 0 Å². The van der Waals surface area contributed by atoms with E-state index in [9.17, 15) is 0 Å². The van der Waals surface area contributed by atoms with Crippen LogP contribution < -0.4 is 5.11 Å². The molecule has 0 aromatic heterocycles. The van der Waals surface area contributed by atoms with Crippen molar-refractivity contribution in [3.05, 3.63) is 0 Å². The highest BCUT2D eigenvalue weighted by molar-refractivity contribution is 4.47. The average molecular weight is 288 g/mol. The van der Waals surface area contributed by atoms with Gasteiger partial charge in [-0.05, 0) is 19.8 Å². The summed E-state index contributed by atoms with van der Waals surface area (Å²) in [5.41, 5.74) is 0.